The monoisotopic (exact) mass is 291 g/mol. The van der Waals surface area contributed by atoms with E-state index in [1.165, 1.54) is 7.11 Å². The fraction of sp³-hybridized carbons (Fsp3) is 0.562. The highest BCUT2D eigenvalue weighted by Gasteiger charge is 2.35. The molecule has 0 saturated carbocycles. The minimum absolute atomic E-state index is 0.371. The zero-order valence-corrected chi connectivity index (χ0v) is 13.9. The predicted molar refractivity (Wildman–Crippen MR) is 84.1 cm³/mol. The van der Waals surface area contributed by atoms with Crippen LogP contribution in [0.2, 0.25) is 0 Å². The summed E-state index contributed by atoms with van der Waals surface area (Å²) >= 11 is 0. The number of ether oxygens (including phenoxy) is 1. The van der Waals surface area contributed by atoms with E-state index in [2.05, 4.69) is 0 Å². The molecule has 21 heavy (non-hydrogen) atoms. The lowest BCUT2D eigenvalue weighted by molar-refractivity contribution is -0.0893. The maximum atomic E-state index is 11.7. The highest BCUT2D eigenvalue weighted by molar-refractivity contribution is 6.48. The molecule has 0 spiro atoms. The van der Waals surface area contributed by atoms with Crippen LogP contribution in [0.5, 0.6) is 0 Å². The van der Waals surface area contributed by atoms with Gasteiger partial charge >= 0.3 is 13.5 Å². The average molecular weight is 291 g/mol. The number of methoxy groups -OCH3 is 1. The Hall–Kier alpha value is -1.33. The lowest BCUT2D eigenvalue weighted by Gasteiger charge is -2.37. The zero-order valence-electron chi connectivity index (χ0n) is 13.9. The first-order valence-corrected chi connectivity index (χ1v) is 6.92. The molecule has 0 saturated heterocycles. The van der Waals surface area contributed by atoms with E-state index < -0.39 is 11.2 Å². The van der Waals surface area contributed by atoms with E-state index in [0.29, 0.717) is 5.56 Å². The quantitative estimate of drug-likeness (QED) is 0.665. The third-order valence-electron chi connectivity index (χ3n) is 3.97. The summed E-state index contributed by atoms with van der Waals surface area (Å²) in [5.41, 5.74) is 1.41. The Bertz CT molecular complexity index is 530. The zero-order chi connectivity index (χ0) is 16.4. The summed E-state index contributed by atoms with van der Waals surface area (Å²) in [4.78, 5) is 11.7. The molecule has 0 heterocycles. The van der Waals surface area contributed by atoms with Gasteiger partial charge in [-0.05, 0) is 52.6 Å². The van der Waals surface area contributed by atoms with Crippen molar-refractivity contribution in [3.8, 4) is 0 Å². The molecule has 4 nitrogen and oxygen atoms in total. The normalized spacial score (nSPS) is 12.2. The SMILES string of the molecule is COC(=O)c1cc([B]OC(C)(C)C(C)(C)O)c(C)cc1C. The van der Waals surface area contributed by atoms with Crippen molar-refractivity contribution in [1.82, 2.24) is 0 Å². The molecule has 5 heteroatoms. The van der Waals surface area contributed by atoms with Gasteiger partial charge in [-0.1, -0.05) is 17.7 Å². The molecule has 115 valence electrons. The maximum Gasteiger partial charge on any atom is 0.338 e. The molecule has 0 unspecified atom stereocenters. The van der Waals surface area contributed by atoms with Crippen LogP contribution < -0.4 is 5.46 Å². The van der Waals surface area contributed by atoms with E-state index in [1.807, 2.05) is 33.8 Å². The molecule has 1 aromatic rings. The largest absolute Gasteiger partial charge is 0.465 e. The van der Waals surface area contributed by atoms with Crippen LogP contribution in [0, 0.1) is 13.8 Å². The van der Waals surface area contributed by atoms with Crippen LogP contribution in [0.15, 0.2) is 12.1 Å². The second-order valence-electron chi connectivity index (χ2n) is 6.32. The van der Waals surface area contributed by atoms with Crippen molar-refractivity contribution in [3.63, 3.8) is 0 Å². The van der Waals surface area contributed by atoms with Crippen molar-refractivity contribution in [2.24, 2.45) is 0 Å². The minimum Gasteiger partial charge on any atom is -0.465 e. The molecule has 0 atom stereocenters. The summed E-state index contributed by atoms with van der Waals surface area (Å²) in [6, 6.07) is 3.66. The molecule has 0 aliphatic heterocycles. The second-order valence-corrected chi connectivity index (χ2v) is 6.32. The molecule has 0 amide bonds. The summed E-state index contributed by atoms with van der Waals surface area (Å²) in [6.45, 7) is 10.8. The Morgan fingerprint density at radius 1 is 1.14 bits per heavy atom. The predicted octanol–water partition coefficient (Wildman–Crippen LogP) is 1.90. The summed E-state index contributed by atoms with van der Waals surface area (Å²) in [5, 5.41) is 10.1. The smallest absolute Gasteiger partial charge is 0.338 e. The van der Waals surface area contributed by atoms with Crippen molar-refractivity contribution in [3.05, 3.63) is 28.8 Å². The van der Waals surface area contributed by atoms with Gasteiger partial charge in [-0.15, -0.1) is 0 Å². The fourth-order valence-electron chi connectivity index (χ4n) is 1.68. The van der Waals surface area contributed by atoms with Gasteiger partial charge in [0.25, 0.3) is 0 Å². The van der Waals surface area contributed by atoms with E-state index in [0.717, 1.165) is 16.6 Å². The number of aryl methyl sites for hydroxylation is 2. The molecule has 1 aromatic carbocycles. The number of aliphatic hydroxyl groups is 1. The van der Waals surface area contributed by atoms with Crippen molar-refractivity contribution >= 4 is 18.9 Å². The van der Waals surface area contributed by atoms with Crippen LogP contribution in [-0.2, 0) is 9.39 Å². The van der Waals surface area contributed by atoms with Gasteiger partial charge in [-0.2, -0.15) is 0 Å². The van der Waals surface area contributed by atoms with Crippen molar-refractivity contribution < 1.29 is 19.3 Å². The number of benzene rings is 1. The Morgan fingerprint density at radius 3 is 2.19 bits per heavy atom. The highest BCUT2D eigenvalue weighted by Crippen LogP contribution is 2.24. The summed E-state index contributed by atoms with van der Waals surface area (Å²) in [6.07, 6.45) is 0. The van der Waals surface area contributed by atoms with Gasteiger partial charge in [0.2, 0.25) is 0 Å². The molecular formula is C16H24BO4. The molecular weight excluding hydrogens is 267 g/mol. The third-order valence-corrected chi connectivity index (χ3v) is 3.97. The van der Waals surface area contributed by atoms with Gasteiger partial charge in [0, 0.05) is 0 Å². The van der Waals surface area contributed by atoms with Gasteiger partial charge in [0.15, 0.2) is 0 Å². The van der Waals surface area contributed by atoms with Crippen molar-refractivity contribution in [2.45, 2.75) is 52.7 Å². The highest BCUT2D eigenvalue weighted by atomic mass is 16.5. The Balaban J connectivity index is 3.02. The summed E-state index contributed by atoms with van der Waals surface area (Å²) in [7, 11) is 2.94. The Labute approximate surface area is 127 Å². The molecule has 0 aliphatic carbocycles. The van der Waals surface area contributed by atoms with E-state index >= 15 is 0 Å². The van der Waals surface area contributed by atoms with Gasteiger partial charge in [0.1, 0.15) is 0 Å². The van der Waals surface area contributed by atoms with Gasteiger partial charge in [0.05, 0.1) is 23.9 Å². The van der Waals surface area contributed by atoms with Gasteiger partial charge in [-0.3, -0.25) is 0 Å². The van der Waals surface area contributed by atoms with Crippen LogP contribution in [0.1, 0.15) is 49.2 Å². The van der Waals surface area contributed by atoms with E-state index in [1.54, 1.807) is 27.4 Å². The first-order chi connectivity index (χ1) is 9.49. The molecule has 0 aliphatic rings. The number of hydrogen-bond donors (Lipinski definition) is 1. The average Bonchev–Trinajstić information content (AvgIpc) is 2.35. The van der Waals surface area contributed by atoms with Crippen molar-refractivity contribution in [2.75, 3.05) is 7.11 Å². The Morgan fingerprint density at radius 2 is 1.71 bits per heavy atom. The van der Waals surface area contributed by atoms with Crippen molar-refractivity contribution in [1.29, 1.82) is 0 Å². The lowest BCUT2D eigenvalue weighted by atomic mass is 9.79. The molecule has 1 N–H and O–H groups in total. The number of carbonyl (C=O) groups excluding carboxylic acids is 1. The summed E-state index contributed by atoms with van der Waals surface area (Å²) < 4.78 is 10.5. The summed E-state index contributed by atoms with van der Waals surface area (Å²) in [5.74, 6) is -0.371. The first-order valence-electron chi connectivity index (χ1n) is 6.92. The lowest BCUT2D eigenvalue weighted by Crippen LogP contribution is -2.49. The van der Waals surface area contributed by atoms with Crippen LogP contribution in [0.25, 0.3) is 0 Å². The van der Waals surface area contributed by atoms with Crippen LogP contribution in [0.3, 0.4) is 0 Å². The topological polar surface area (TPSA) is 55.8 Å². The molecule has 0 aromatic heterocycles. The number of rotatable bonds is 5. The fourth-order valence-corrected chi connectivity index (χ4v) is 1.68. The second kappa shape index (κ2) is 6.20. The van der Waals surface area contributed by atoms with Crippen LogP contribution in [0.4, 0.5) is 0 Å². The standard InChI is InChI=1S/C16H24BO4/c1-10-8-11(2)13(9-12(10)14(18)20-7)17-21-16(5,6)15(3,4)19/h8-9,19H,1-7H3. The Kier molecular flexibility index (Phi) is 5.23. The van der Waals surface area contributed by atoms with E-state index in [4.69, 9.17) is 9.39 Å². The molecule has 1 rings (SSSR count). The van der Waals surface area contributed by atoms with Crippen LogP contribution >= 0.6 is 0 Å². The number of carbonyl (C=O) groups is 1. The third kappa shape index (κ3) is 4.08. The maximum absolute atomic E-state index is 11.7. The van der Waals surface area contributed by atoms with Crippen LogP contribution in [-0.4, -0.2) is 36.9 Å². The minimum atomic E-state index is -0.993. The molecule has 0 bridgehead atoms. The van der Waals surface area contributed by atoms with E-state index in [9.17, 15) is 9.90 Å². The molecule has 1 radical (unpaired) electrons. The van der Waals surface area contributed by atoms with E-state index in [-0.39, 0.29) is 5.97 Å². The molecule has 0 fully saturated rings. The number of hydrogen-bond acceptors (Lipinski definition) is 4. The van der Waals surface area contributed by atoms with Gasteiger partial charge in [-0.25, -0.2) is 4.79 Å². The van der Waals surface area contributed by atoms with Gasteiger partial charge < -0.3 is 14.5 Å². The number of esters is 1. The first kappa shape index (κ1) is 17.7.